The maximum Gasteiger partial charge on any atom is 0.253 e. The molecule has 0 aliphatic carbocycles. The molecule has 36 heavy (non-hydrogen) atoms. The minimum absolute atomic E-state index is 0.135. The smallest absolute Gasteiger partial charge is 0.253 e. The number of benzene rings is 2. The zero-order chi connectivity index (χ0) is 26.1. The number of allylic oxidation sites excluding steroid dienone is 1. The van der Waals surface area contributed by atoms with E-state index in [4.69, 9.17) is 11.6 Å². The highest BCUT2D eigenvalue weighted by molar-refractivity contribution is 7.99. The summed E-state index contributed by atoms with van der Waals surface area (Å²) in [4.78, 5) is 25.6. The lowest BCUT2D eigenvalue weighted by Crippen LogP contribution is -2.32. The topological polar surface area (TPSA) is 88.9 Å². The fourth-order valence-electron chi connectivity index (χ4n) is 3.70. The maximum atomic E-state index is 13.0. The van der Waals surface area contributed by atoms with Crippen LogP contribution in [0, 0.1) is 5.92 Å². The van der Waals surface area contributed by atoms with Crippen LogP contribution < -0.4 is 10.6 Å². The zero-order valence-electron chi connectivity index (χ0n) is 20.8. The maximum absolute atomic E-state index is 13.0. The van der Waals surface area contributed by atoms with Crippen molar-refractivity contribution < 1.29 is 9.59 Å². The predicted molar refractivity (Wildman–Crippen MR) is 147 cm³/mol. The average molecular weight is 526 g/mol. The minimum Gasteiger partial charge on any atom is -0.342 e. The third-order valence-corrected chi connectivity index (χ3v) is 6.77. The molecular weight excluding hydrogens is 494 g/mol. The van der Waals surface area contributed by atoms with Crippen molar-refractivity contribution in [3.63, 3.8) is 0 Å². The number of amides is 2. The fourth-order valence-corrected chi connectivity index (χ4v) is 4.67. The van der Waals surface area contributed by atoms with Crippen LogP contribution >= 0.6 is 23.4 Å². The first-order chi connectivity index (χ1) is 17.3. The number of aryl methyl sites for hydroxylation is 1. The first-order valence-corrected chi connectivity index (χ1v) is 13.3. The number of carbonyl (C=O) groups excluding carboxylic acids is 2. The summed E-state index contributed by atoms with van der Waals surface area (Å²) in [6.45, 7) is 10.5. The number of aromatic nitrogens is 3. The second-order valence-corrected chi connectivity index (χ2v) is 10.1. The molecule has 0 aliphatic heterocycles. The Balaban J connectivity index is 1.75. The summed E-state index contributed by atoms with van der Waals surface area (Å²) in [5, 5.41) is 15.7. The Bertz CT molecular complexity index is 1190. The zero-order valence-corrected chi connectivity index (χ0v) is 22.4. The summed E-state index contributed by atoms with van der Waals surface area (Å²) in [5.74, 6) is 0.663. The van der Waals surface area contributed by atoms with Gasteiger partial charge in [0.05, 0.1) is 22.4 Å². The first-order valence-electron chi connectivity index (χ1n) is 11.9. The highest BCUT2D eigenvalue weighted by Crippen LogP contribution is 2.26. The Hall–Kier alpha value is -3.10. The van der Waals surface area contributed by atoms with Crippen LogP contribution in [-0.4, -0.2) is 32.3 Å². The predicted octanol–water partition coefficient (Wildman–Crippen LogP) is 5.93. The van der Waals surface area contributed by atoms with Crippen LogP contribution in [-0.2, 0) is 17.8 Å². The number of hydrogen-bond donors (Lipinski definition) is 2. The second kappa shape index (κ2) is 13.3. The number of rotatable bonds is 12. The van der Waals surface area contributed by atoms with Gasteiger partial charge in [-0.3, -0.25) is 9.59 Å². The molecule has 0 saturated carbocycles. The van der Waals surface area contributed by atoms with Crippen molar-refractivity contribution in [2.45, 2.75) is 51.4 Å². The Labute approximate surface area is 221 Å². The van der Waals surface area contributed by atoms with Crippen molar-refractivity contribution in [1.29, 1.82) is 0 Å². The highest BCUT2D eigenvalue weighted by atomic mass is 35.5. The number of anilines is 1. The van der Waals surface area contributed by atoms with E-state index in [1.54, 1.807) is 30.3 Å². The van der Waals surface area contributed by atoms with E-state index in [1.807, 2.05) is 28.8 Å². The summed E-state index contributed by atoms with van der Waals surface area (Å²) in [6, 6.07) is 14.3. The van der Waals surface area contributed by atoms with E-state index in [2.05, 4.69) is 48.2 Å². The molecule has 0 unspecified atom stereocenters. The standard InChI is InChI=1S/C27H32ClN5O2S/c1-5-15-33-25(23(16-18(3)4)30-26(35)21-9-7-8-10-22(21)28)31-32-27(33)36-17-24(34)29-20-13-11-19(6-2)12-14-20/h5,7-14,18,23H,1,6,15-17H2,2-4H3,(H,29,34)(H,30,35)/t23-/m1/s1. The second-order valence-electron chi connectivity index (χ2n) is 8.76. The minimum atomic E-state index is -0.388. The van der Waals surface area contributed by atoms with Gasteiger partial charge < -0.3 is 15.2 Å². The van der Waals surface area contributed by atoms with E-state index < -0.39 is 0 Å². The van der Waals surface area contributed by atoms with E-state index in [0.717, 1.165) is 12.1 Å². The Kier molecular flexibility index (Phi) is 10.1. The van der Waals surface area contributed by atoms with Crippen LogP contribution in [0.1, 0.15) is 55.0 Å². The summed E-state index contributed by atoms with van der Waals surface area (Å²) in [7, 11) is 0. The van der Waals surface area contributed by atoms with Crippen LogP contribution in [0.2, 0.25) is 5.02 Å². The fraction of sp³-hybridized carbons (Fsp3) is 0.333. The Morgan fingerprint density at radius 3 is 2.50 bits per heavy atom. The largest absolute Gasteiger partial charge is 0.342 e. The quantitative estimate of drug-likeness (QED) is 0.226. The Morgan fingerprint density at radius 1 is 1.14 bits per heavy atom. The summed E-state index contributed by atoms with van der Waals surface area (Å²) in [5.41, 5.74) is 2.37. The van der Waals surface area contributed by atoms with E-state index in [0.29, 0.717) is 34.5 Å². The summed E-state index contributed by atoms with van der Waals surface area (Å²) in [6.07, 6.45) is 3.35. The molecule has 2 amide bonds. The van der Waals surface area contributed by atoms with Gasteiger partial charge in [-0.2, -0.15) is 0 Å². The van der Waals surface area contributed by atoms with Crippen molar-refractivity contribution in [3.8, 4) is 0 Å². The van der Waals surface area contributed by atoms with Gasteiger partial charge in [-0.1, -0.05) is 74.5 Å². The molecule has 0 saturated heterocycles. The van der Waals surface area contributed by atoms with E-state index in [1.165, 1.54) is 17.3 Å². The molecule has 2 aromatic carbocycles. The van der Waals surface area contributed by atoms with Crippen LogP contribution in [0.5, 0.6) is 0 Å². The van der Waals surface area contributed by atoms with Crippen LogP contribution in [0.4, 0.5) is 5.69 Å². The number of hydrogen-bond acceptors (Lipinski definition) is 5. The van der Waals surface area contributed by atoms with E-state index >= 15 is 0 Å². The Morgan fingerprint density at radius 2 is 1.86 bits per heavy atom. The van der Waals surface area contributed by atoms with Gasteiger partial charge in [0.1, 0.15) is 0 Å². The van der Waals surface area contributed by atoms with Gasteiger partial charge in [-0.25, -0.2) is 0 Å². The molecule has 0 aliphatic rings. The molecule has 190 valence electrons. The lowest BCUT2D eigenvalue weighted by atomic mass is 10.0. The van der Waals surface area contributed by atoms with Crippen LogP contribution in [0.3, 0.4) is 0 Å². The van der Waals surface area contributed by atoms with Gasteiger partial charge in [-0.15, -0.1) is 16.8 Å². The molecule has 2 N–H and O–H groups in total. The SMILES string of the molecule is C=CCn1c(SCC(=O)Nc2ccc(CC)cc2)nnc1[C@@H](CC(C)C)NC(=O)c1ccccc1Cl. The highest BCUT2D eigenvalue weighted by Gasteiger charge is 2.25. The number of carbonyl (C=O) groups is 2. The average Bonchev–Trinajstić information content (AvgIpc) is 3.25. The summed E-state index contributed by atoms with van der Waals surface area (Å²) < 4.78 is 1.89. The van der Waals surface area contributed by atoms with E-state index in [9.17, 15) is 9.59 Å². The van der Waals surface area contributed by atoms with Crippen molar-refractivity contribution in [1.82, 2.24) is 20.1 Å². The lowest BCUT2D eigenvalue weighted by Gasteiger charge is -2.21. The van der Waals surface area contributed by atoms with Gasteiger partial charge in [0, 0.05) is 12.2 Å². The normalized spacial score (nSPS) is 11.8. The van der Waals surface area contributed by atoms with E-state index in [-0.39, 0.29) is 29.5 Å². The molecule has 7 nitrogen and oxygen atoms in total. The van der Waals surface area contributed by atoms with Crippen LogP contribution in [0.25, 0.3) is 0 Å². The summed E-state index contributed by atoms with van der Waals surface area (Å²) >= 11 is 7.53. The number of nitrogens with zero attached hydrogens (tertiary/aromatic N) is 3. The molecule has 0 spiro atoms. The monoisotopic (exact) mass is 525 g/mol. The molecule has 3 aromatic rings. The molecular formula is C27H32ClN5O2S. The van der Waals surface area contributed by atoms with Crippen LogP contribution in [0.15, 0.2) is 66.3 Å². The molecule has 0 fully saturated rings. The molecule has 1 heterocycles. The van der Waals surface area contributed by atoms with Gasteiger partial charge in [0.2, 0.25) is 5.91 Å². The molecule has 0 bridgehead atoms. The first kappa shape index (κ1) is 27.5. The van der Waals surface area contributed by atoms with Gasteiger partial charge in [0.25, 0.3) is 5.91 Å². The number of nitrogens with one attached hydrogen (secondary N) is 2. The third-order valence-electron chi connectivity index (χ3n) is 5.48. The number of halogens is 1. The van der Waals surface area contributed by atoms with Crippen molar-refractivity contribution in [2.24, 2.45) is 5.92 Å². The van der Waals surface area contributed by atoms with Gasteiger partial charge in [0.15, 0.2) is 11.0 Å². The van der Waals surface area contributed by atoms with Crippen molar-refractivity contribution >= 4 is 40.9 Å². The molecule has 0 radical (unpaired) electrons. The molecule has 1 aromatic heterocycles. The van der Waals surface area contributed by atoms with Gasteiger partial charge >= 0.3 is 0 Å². The number of thioether (sulfide) groups is 1. The van der Waals surface area contributed by atoms with Crippen molar-refractivity contribution in [3.05, 3.63) is 83.2 Å². The third kappa shape index (κ3) is 7.45. The lowest BCUT2D eigenvalue weighted by molar-refractivity contribution is -0.113. The molecule has 3 rings (SSSR count). The van der Waals surface area contributed by atoms with Crippen molar-refractivity contribution in [2.75, 3.05) is 11.1 Å². The molecule has 1 atom stereocenters. The van der Waals surface area contributed by atoms with Gasteiger partial charge in [-0.05, 0) is 48.6 Å². The molecule has 9 heteroatoms.